The second-order valence-corrected chi connectivity index (χ2v) is 6.48. The quantitative estimate of drug-likeness (QED) is 0.730. The molecule has 6 heteroatoms. The number of benzene rings is 1. The van der Waals surface area contributed by atoms with Crippen molar-refractivity contribution in [1.29, 1.82) is 0 Å². The lowest BCUT2D eigenvalue weighted by atomic mass is 9.80. The molecule has 6 nitrogen and oxygen atoms in total. The van der Waals surface area contributed by atoms with Crippen LogP contribution in [0.15, 0.2) is 40.9 Å². The first-order chi connectivity index (χ1) is 12.7. The summed E-state index contributed by atoms with van der Waals surface area (Å²) in [6.07, 6.45) is 3.14. The highest BCUT2D eigenvalue weighted by molar-refractivity contribution is 5.86. The van der Waals surface area contributed by atoms with E-state index >= 15 is 0 Å². The summed E-state index contributed by atoms with van der Waals surface area (Å²) in [4.78, 5) is 23.9. The molecule has 0 amide bonds. The third kappa shape index (κ3) is 4.50. The van der Waals surface area contributed by atoms with Crippen molar-refractivity contribution in [1.82, 2.24) is 5.16 Å². The Morgan fingerprint density at radius 2 is 1.85 bits per heavy atom. The Bertz CT molecular complexity index is 732. The number of nitrogens with zero attached hydrogens (tertiary/aromatic N) is 1. The van der Waals surface area contributed by atoms with Crippen LogP contribution in [0.2, 0.25) is 0 Å². The van der Waals surface area contributed by atoms with E-state index in [4.69, 9.17) is 14.0 Å². The van der Waals surface area contributed by atoms with Crippen LogP contribution in [0.25, 0.3) is 0 Å². The summed E-state index contributed by atoms with van der Waals surface area (Å²) in [5.74, 6) is -0.387. The van der Waals surface area contributed by atoms with Crippen LogP contribution in [0, 0.1) is 5.92 Å². The van der Waals surface area contributed by atoms with Crippen LogP contribution in [0.3, 0.4) is 0 Å². The minimum absolute atomic E-state index is 0.0774. The van der Waals surface area contributed by atoms with Gasteiger partial charge in [-0.2, -0.15) is 0 Å². The Balaban J connectivity index is 1.48. The first-order valence-corrected chi connectivity index (χ1v) is 9.01. The van der Waals surface area contributed by atoms with Gasteiger partial charge in [-0.05, 0) is 38.2 Å². The van der Waals surface area contributed by atoms with Gasteiger partial charge in [-0.3, -0.25) is 4.79 Å². The SMILES string of the molecule is CCOC(=O)c1cc(C2CCC(C(=O)OCc3ccccc3)CC2)no1. The average Bonchev–Trinajstić information content (AvgIpc) is 3.18. The molecular formula is C20H23NO5. The number of esters is 2. The van der Waals surface area contributed by atoms with Gasteiger partial charge in [-0.25, -0.2) is 4.79 Å². The fraction of sp³-hybridized carbons (Fsp3) is 0.450. The lowest BCUT2D eigenvalue weighted by molar-refractivity contribution is -0.151. The highest BCUT2D eigenvalue weighted by Gasteiger charge is 2.30. The summed E-state index contributed by atoms with van der Waals surface area (Å²) in [7, 11) is 0. The van der Waals surface area contributed by atoms with Gasteiger partial charge in [-0.15, -0.1) is 0 Å². The molecule has 0 saturated heterocycles. The molecule has 1 saturated carbocycles. The van der Waals surface area contributed by atoms with E-state index in [-0.39, 0.29) is 23.6 Å². The van der Waals surface area contributed by atoms with Crippen LogP contribution in [0.4, 0.5) is 0 Å². The maximum absolute atomic E-state index is 12.3. The van der Waals surface area contributed by atoms with Crippen LogP contribution >= 0.6 is 0 Å². The van der Waals surface area contributed by atoms with Gasteiger partial charge in [0.15, 0.2) is 0 Å². The zero-order valence-corrected chi connectivity index (χ0v) is 14.8. The van der Waals surface area contributed by atoms with Crippen LogP contribution < -0.4 is 0 Å². The van der Waals surface area contributed by atoms with Crippen molar-refractivity contribution < 1.29 is 23.6 Å². The summed E-state index contributed by atoms with van der Waals surface area (Å²) in [6.45, 7) is 2.35. The summed E-state index contributed by atoms with van der Waals surface area (Å²) in [5, 5.41) is 4.00. The maximum atomic E-state index is 12.3. The zero-order chi connectivity index (χ0) is 18.4. The minimum atomic E-state index is -0.496. The monoisotopic (exact) mass is 357 g/mol. The molecule has 1 fully saturated rings. The smallest absolute Gasteiger partial charge is 0.377 e. The van der Waals surface area contributed by atoms with Crippen LogP contribution in [-0.2, 0) is 20.9 Å². The molecule has 0 N–H and O–H groups in total. The van der Waals surface area contributed by atoms with Crippen molar-refractivity contribution in [2.45, 2.75) is 45.1 Å². The third-order valence-corrected chi connectivity index (χ3v) is 4.71. The van der Waals surface area contributed by atoms with E-state index in [9.17, 15) is 9.59 Å². The maximum Gasteiger partial charge on any atom is 0.377 e. The van der Waals surface area contributed by atoms with Crippen molar-refractivity contribution in [2.24, 2.45) is 5.92 Å². The summed E-state index contributed by atoms with van der Waals surface area (Å²) < 4.78 is 15.4. The molecule has 1 aliphatic rings. The van der Waals surface area contributed by atoms with E-state index in [0.717, 1.165) is 36.9 Å². The first kappa shape index (κ1) is 18.2. The molecule has 3 rings (SSSR count). The number of carbonyl (C=O) groups is 2. The Labute approximate surface area is 152 Å². The molecule has 0 radical (unpaired) electrons. The minimum Gasteiger partial charge on any atom is -0.461 e. The number of rotatable bonds is 6. The molecule has 26 heavy (non-hydrogen) atoms. The van der Waals surface area contributed by atoms with Gasteiger partial charge in [-0.1, -0.05) is 35.5 Å². The molecule has 2 aromatic rings. The van der Waals surface area contributed by atoms with Crippen molar-refractivity contribution in [2.75, 3.05) is 6.61 Å². The molecule has 1 aromatic heterocycles. The first-order valence-electron chi connectivity index (χ1n) is 9.01. The van der Waals surface area contributed by atoms with Crippen LogP contribution in [0.1, 0.15) is 60.3 Å². The molecule has 0 spiro atoms. The number of ether oxygens (including phenoxy) is 2. The molecule has 0 bridgehead atoms. The van der Waals surface area contributed by atoms with Gasteiger partial charge < -0.3 is 14.0 Å². The van der Waals surface area contributed by atoms with E-state index in [2.05, 4.69) is 5.16 Å². The highest BCUT2D eigenvalue weighted by atomic mass is 16.6. The van der Waals surface area contributed by atoms with Crippen LogP contribution in [0.5, 0.6) is 0 Å². The molecule has 1 aliphatic carbocycles. The van der Waals surface area contributed by atoms with E-state index in [0.29, 0.717) is 13.2 Å². The van der Waals surface area contributed by atoms with Crippen molar-refractivity contribution in [3.05, 3.63) is 53.4 Å². The van der Waals surface area contributed by atoms with Gasteiger partial charge in [0, 0.05) is 12.0 Å². The Morgan fingerprint density at radius 3 is 2.54 bits per heavy atom. The predicted molar refractivity (Wildman–Crippen MR) is 93.4 cm³/mol. The molecule has 0 atom stereocenters. The van der Waals surface area contributed by atoms with Gasteiger partial charge in [0.2, 0.25) is 5.76 Å². The standard InChI is InChI=1S/C20H23NO5/c1-2-24-20(23)18-12-17(21-26-18)15-8-10-16(11-9-15)19(22)25-13-14-6-4-3-5-7-14/h3-7,12,15-16H,2,8-11,13H2,1H3. The molecule has 1 heterocycles. The van der Waals surface area contributed by atoms with Gasteiger partial charge in [0.05, 0.1) is 18.2 Å². The van der Waals surface area contributed by atoms with Crippen molar-refractivity contribution in [3.63, 3.8) is 0 Å². The van der Waals surface area contributed by atoms with Crippen molar-refractivity contribution >= 4 is 11.9 Å². The van der Waals surface area contributed by atoms with E-state index < -0.39 is 5.97 Å². The molecule has 1 aromatic carbocycles. The van der Waals surface area contributed by atoms with E-state index in [1.807, 2.05) is 30.3 Å². The molecule has 138 valence electrons. The molecule has 0 aliphatic heterocycles. The second kappa shape index (κ2) is 8.65. The number of hydrogen-bond donors (Lipinski definition) is 0. The van der Waals surface area contributed by atoms with E-state index in [1.54, 1.807) is 13.0 Å². The molecule has 0 unspecified atom stereocenters. The summed E-state index contributed by atoms with van der Waals surface area (Å²) >= 11 is 0. The van der Waals surface area contributed by atoms with Crippen LogP contribution in [-0.4, -0.2) is 23.7 Å². The largest absolute Gasteiger partial charge is 0.461 e. The summed E-state index contributed by atoms with van der Waals surface area (Å²) in [5.41, 5.74) is 1.74. The Kier molecular flexibility index (Phi) is 6.04. The lowest BCUT2D eigenvalue weighted by Gasteiger charge is -2.25. The van der Waals surface area contributed by atoms with Gasteiger partial charge in [0.1, 0.15) is 6.61 Å². The number of carbonyl (C=O) groups excluding carboxylic acids is 2. The average molecular weight is 357 g/mol. The fourth-order valence-corrected chi connectivity index (χ4v) is 3.25. The normalized spacial score (nSPS) is 19.7. The topological polar surface area (TPSA) is 78.6 Å². The third-order valence-electron chi connectivity index (χ3n) is 4.71. The molecular weight excluding hydrogens is 334 g/mol. The number of aromatic nitrogens is 1. The van der Waals surface area contributed by atoms with Crippen molar-refractivity contribution in [3.8, 4) is 0 Å². The Morgan fingerprint density at radius 1 is 1.12 bits per heavy atom. The zero-order valence-electron chi connectivity index (χ0n) is 14.8. The number of hydrogen-bond acceptors (Lipinski definition) is 6. The van der Waals surface area contributed by atoms with Gasteiger partial charge >= 0.3 is 11.9 Å². The summed E-state index contributed by atoms with van der Waals surface area (Å²) in [6, 6.07) is 11.3. The van der Waals surface area contributed by atoms with Gasteiger partial charge in [0.25, 0.3) is 0 Å². The van der Waals surface area contributed by atoms with E-state index in [1.165, 1.54) is 0 Å². The fourth-order valence-electron chi connectivity index (χ4n) is 3.25. The second-order valence-electron chi connectivity index (χ2n) is 6.48. The predicted octanol–water partition coefficient (Wildman–Crippen LogP) is 3.87. The lowest BCUT2D eigenvalue weighted by Crippen LogP contribution is -2.23. The Hall–Kier alpha value is -2.63. The highest BCUT2D eigenvalue weighted by Crippen LogP contribution is 2.36.